The van der Waals surface area contributed by atoms with E-state index in [1.807, 2.05) is 12.1 Å². The number of ether oxygens (including phenoxy) is 1. The molecule has 2 unspecified atom stereocenters. The highest BCUT2D eigenvalue weighted by Gasteiger charge is 2.15. The molecule has 2 rings (SSSR count). The van der Waals surface area contributed by atoms with Crippen molar-refractivity contribution in [1.29, 1.82) is 0 Å². The molecule has 1 aromatic carbocycles. The van der Waals surface area contributed by atoms with Crippen molar-refractivity contribution in [1.82, 2.24) is 5.32 Å². The van der Waals surface area contributed by atoms with Crippen LogP contribution in [0, 0.1) is 0 Å². The van der Waals surface area contributed by atoms with Crippen molar-refractivity contribution in [3.05, 3.63) is 29.8 Å². The van der Waals surface area contributed by atoms with E-state index in [1.165, 1.54) is 18.4 Å². The molecular weight excluding hydrogens is 214 g/mol. The summed E-state index contributed by atoms with van der Waals surface area (Å²) in [5, 5.41) is 12.7. The van der Waals surface area contributed by atoms with Crippen molar-refractivity contribution in [2.24, 2.45) is 0 Å². The monoisotopic (exact) mass is 235 g/mol. The van der Waals surface area contributed by atoms with Crippen LogP contribution in [0.5, 0.6) is 5.75 Å². The second kappa shape index (κ2) is 6.03. The third-order valence-electron chi connectivity index (χ3n) is 3.33. The van der Waals surface area contributed by atoms with Crippen LogP contribution in [0.1, 0.15) is 37.8 Å². The molecule has 0 spiro atoms. The molecule has 1 aromatic rings. The Morgan fingerprint density at radius 1 is 1.41 bits per heavy atom. The van der Waals surface area contributed by atoms with Gasteiger partial charge in [-0.05, 0) is 50.4 Å². The first-order valence-electron chi connectivity index (χ1n) is 6.39. The van der Waals surface area contributed by atoms with Gasteiger partial charge in [0.05, 0.1) is 6.10 Å². The minimum atomic E-state index is 0.317. The summed E-state index contributed by atoms with van der Waals surface area (Å²) in [6, 6.07) is 7.69. The van der Waals surface area contributed by atoms with Gasteiger partial charge >= 0.3 is 0 Å². The third-order valence-corrected chi connectivity index (χ3v) is 3.33. The van der Waals surface area contributed by atoms with Gasteiger partial charge in [0.1, 0.15) is 5.75 Å². The summed E-state index contributed by atoms with van der Waals surface area (Å²) in [5.74, 6) is 0.320. The summed E-state index contributed by atoms with van der Waals surface area (Å²) >= 11 is 0. The SMILES string of the molecule is CC(NCCC1CCCO1)c1ccc(O)cc1. The zero-order valence-corrected chi connectivity index (χ0v) is 10.4. The smallest absolute Gasteiger partial charge is 0.115 e. The van der Waals surface area contributed by atoms with Crippen LogP contribution in [0.25, 0.3) is 0 Å². The summed E-state index contributed by atoms with van der Waals surface area (Å²) in [7, 11) is 0. The molecule has 1 aliphatic heterocycles. The Labute approximate surface area is 103 Å². The van der Waals surface area contributed by atoms with Gasteiger partial charge in [-0.15, -0.1) is 0 Å². The van der Waals surface area contributed by atoms with Crippen molar-refractivity contribution in [2.45, 2.75) is 38.3 Å². The molecule has 3 heteroatoms. The summed E-state index contributed by atoms with van der Waals surface area (Å²) in [6.45, 7) is 4.05. The maximum atomic E-state index is 9.22. The molecule has 1 aliphatic rings. The molecule has 17 heavy (non-hydrogen) atoms. The number of phenolic OH excluding ortho intramolecular Hbond substituents is 1. The van der Waals surface area contributed by atoms with Crippen LogP contribution >= 0.6 is 0 Å². The lowest BCUT2D eigenvalue weighted by Crippen LogP contribution is -2.23. The summed E-state index contributed by atoms with van der Waals surface area (Å²) in [5.41, 5.74) is 1.20. The number of aromatic hydroxyl groups is 1. The van der Waals surface area contributed by atoms with Gasteiger partial charge in [0.25, 0.3) is 0 Å². The zero-order chi connectivity index (χ0) is 12.1. The summed E-state index contributed by atoms with van der Waals surface area (Å²) in [6.07, 6.45) is 3.95. The third kappa shape index (κ3) is 3.72. The lowest BCUT2D eigenvalue weighted by Gasteiger charge is -2.16. The standard InChI is InChI=1S/C14H21NO2/c1-11(12-4-6-13(16)7-5-12)15-9-8-14-3-2-10-17-14/h4-7,11,14-16H,2-3,8-10H2,1H3. The highest BCUT2D eigenvalue weighted by molar-refractivity contribution is 5.27. The van der Waals surface area contributed by atoms with Crippen LogP contribution in [0.4, 0.5) is 0 Å². The first kappa shape index (κ1) is 12.4. The van der Waals surface area contributed by atoms with Crippen molar-refractivity contribution in [3.8, 4) is 5.75 Å². The Kier molecular flexibility index (Phi) is 4.40. The van der Waals surface area contributed by atoms with Gasteiger partial charge in [-0.3, -0.25) is 0 Å². The van der Waals surface area contributed by atoms with Crippen LogP contribution in [0.3, 0.4) is 0 Å². The van der Waals surface area contributed by atoms with Gasteiger partial charge in [-0.2, -0.15) is 0 Å². The molecular formula is C14H21NO2. The van der Waals surface area contributed by atoms with Crippen molar-refractivity contribution < 1.29 is 9.84 Å². The van der Waals surface area contributed by atoms with Gasteiger partial charge in [-0.1, -0.05) is 12.1 Å². The molecule has 94 valence electrons. The predicted molar refractivity (Wildman–Crippen MR) is 68.1 cm³/mol. The molecule has 2 atom stereocenters. The summed E-state index contributed by atoms with van der Waals surface area (Å²) in [4.78, 5) is 0. The number of hydrogen-bond donors (Lipinski definition) is 2. The minimum Gasteiger partial charge on any atom is -0.508 e. The predicted octanol–water partition coefficient (Wildman–Crippen LogP) is 2.61. The van der Waals surface area contributed by atoms with Crippen molar-refractivity contribution in [2.75, 3.05) is 13.2 Å². The number of phenols is 1. The van der Waals surface area contributed by atoms with E-state index in [9.17, 15) is 5.11 Å². The number of benzene rings is 1. The highest BCUT2D eigenvalue weighted by Crippen LogP contribution is 2.18. The average Bonchev–Trinajstić information content (AvgIpc) is 2.83. The van der Waals surface area contributed by atoms with Crippen LogP contribution in [-0.2, 0) is 4.74 Å². The van der Waals surface area contributed by atoms with E-state index < -0.39 is 0 Å². The molecule has 0 saturated carbocycles. The first-order chi connectivity index (χ1) is 8.25. The van der Waals surface area contributed by atoms with Gasteiger partial charge in [0.2, 0.25) is 0 Å². The summed E-state index contributed by atoms with van der Waals surface area (Å²) < 4.78 is 5.58. The van der Waals surface area contributed by atoms with Crippen molar-refractivity contribution in [3.63, 3.8) is 0 Å². The quantitative estimate of drug-likeness (QED) is 0.824. The van der Waals surface area contributed by atoms with Crippen LogP contribution in [0.2, 0.25) is 0 Å². The topological polar surface area (TPSA) is 41.5 Å². The molecule has 0 aliphatic carbocycles. The normalized spacial score (nSPS) is 21.6. The Morgan fingerprint density at radius 2 is 2.18 bits per heavy atom. The van der Waals surface area contributed by atoms with Crippen molar-refractivity contribution >= 4 is 0 Å². The zero-order valence-electron chi connectivity index (χ0n) is 10.4. The number of rotatable bonds is 5. The largest absolute Gasteiger partial charge is 0.508 e. The van der Waals surface area contributed by atoms with Gasteiger partial charge in [0.15, 0.2) is 0 Å². The van der Waals surface area contributed by atoms with E-state index in [1.54, 1.807) is 12.1 Å². The molecule has 0 amide bonds. The van der Waals surface area contributed by atoms with E-state index in [-0.39, 0.29) is 0 Å². The second-order valence-electron chi connectivity index (χ2n) is 4.69. The first-order valence-corrected chi connectivity index (χ1v) is 6.39. The molecule has 2 N–H and O–H groups in total. The van der Waals surface area contributed by atoms with Crippen LogP contribution in [0.15, 0.2) is 24.3 Å². The van der Waals surface area contributed by atoms with Crippen LogP contribution in [-0.4, -0.2) is 24.4 Å². The molecule has 0 aromatic heterocycles. The fraction of sp³-hybridized carbons (Fsp3) is 0.571. The van der Waals surface area contributed by atoms with E-state index >= 15 is 0 Å². The van der Waals surface area contributed by atoms with Gasteiger partial charge < -0.3 is 15.2 Å². The van der Waals surface area contributed by atoms with Gasteiger partial charge in [-0.25, -0.2) is 0 Å². The molecule has 0 radical (unpaired) electrons. The minimum absolute atomic E-state index is 0.317. The maximum Gasteiger partial charge on any atom is 0.115 e. The fourth-order valence-electron chi connectivity index (χ4n) is 2.21. The molecule has 1 heterocycles. The Bertz CT molecular complexity index is 331. The Balaban J connectivity index is 1.72. The fourth-order valence-corrected chi connectivity index (χ4v) is 2.21. The number of hydrogen-bond acceptors (Lipinski definition) is 3. The Hall–Kier alpha value is -1.06. The lowest BCUT2D eigenvalue weighted by atomic mass is 10.1. The van der Waals surface area contributed by atoms with E-state index in [0.29, 0.717) is 17.9 Å². The molecule has 1 saturated heterocycles. The van der Waals surface area contributed by atoms with E-state index in [4.69, 9.17) is 4.74 Å². The molecule has 3 nitrogen and oxygen atoms in total. The molecule has 0 bridgehead atoms. The Morgan fingerprint density at radius 3 is 2.82 bits per heavy atom. The maximum absolute atomic E-state index is 9.22. The van der Waals surface area contributed by atoms with Crippen LogP contribution < -0.4 is 5.32 Å². The number of nitrogens with one attached hydrogen (secondary N) is 1. The van der Waals surface area contributed by atoms with E-state index in [0.717, 1.165) is 19.6 Å². The average molecular weight is 235 g/mol. The highest BCUT2D eigenvalue weighted by atomic mass is 16.5. The van der Waals surface area contributed by atoms with Gasteiger partial charge in [0, 0.05) is 12.6 Å². The molecule has 1 fully saturated rings. The second-order valence-corrected chi connectivity index (χ2v) is 4.69. The van der Waals surface area contributed by atoms with E-state index in [2.05, 4.69) is 12.2 Å². The lowest BCUT2D eigenvalue weighted by molar-refractivity contribution is 0.103.